The predicted molar refractivity (Wildman–Crippen MR) is 92.3 cm³/mol. The molecule has 1 aliphatic heterocycles. The van der Waals surface area contributed by atoms with E-state index in [4.69, 9.17) is 4.99 Å². The number of hydrogen-bond donors (Lipinski definition) is 0. The first-order valence-electron chi connectivity index (χ1n) is 7.71. The van der Waals surface area contributed by atoms with Crippen LogP contribution < -0.4 is 15.5 Å². The lowest BCUT2D eigenvalue weighted by Gasteiger charge is -2.30. The lowest BCUT2D eigenvalue weighted by Crippen LogP contribution is -2.39. The number of rotatable bonds is 2. The van der Waals surface area contributed by atoms with Gasteiger partial charge in [0.05, 0.1) is 5.36 Å². The Bertz CT molecular complexity index is 934. The van der Waals surface area contributed by atoms with Crippen LogP contribution >= 0.6 is 0 Å². The summed E-state index contributed by atoms with van der Waals surface area (Å²) in [7, 11) is 0. The molecule has 2 heterocycles. The van der Waals surface area contributed by atoms with Gasteiger partial charge in [-0.05, 0) is 42.3 Å². The highest BCUT2D eigenvalue weighted by Crippen LogP contribution is 2.29. The molecule has 3 aromatic rings. The number of fused-ring (bicyclic) bond motifs is 1. The van der Waals surface area contributed by atoms with Crippen molar-refractivity contribution in [3.63, 3.8) is 0 Å². The lowest BCUT2D eigenvalue weighted by atomic mass is 10.1. The van der Waals surface area contributed by atoms with Gasteiger partial charge in [0.2, 0.25) is 0 Å². The predicted octanol–water partition coefficient (Wildman–Crippen LogP) is 2.97. The zero-order chi connectivity index (χ0) is 15.6. The van der Waals surface area contributed by atoms with Crippen LogP contribution in [0.5, 0.6) is 0 Å². The van der Waals surface area contributed by atoms with Gasteiger partial charge in [0.15, 0.2) is 6.17 Å². The van der Waals surface area contributed by atoms with Crippen molar-refractivity contribution in [3.8, 4) is 0 Å². The second-order valence-corrected chi connectivity index (χ2v) is 5.67. The van der Waals surface area contributed by atoms with Crippen LogP contribution in [-0.2, 0) is 0 Å². The van der Waals surface area contributed by atoms with Crippen LogP contribution in [0.3, 0.4) is 0 Å². The number of aromatic nitrogens is 1. The summed E-state index contributed by atoms with van der Waals surface area (Å²) in [6.45, 7) is 2.11. The molecule has 1 aliphatic rings. The average Bonchev–Trinajstić information content (AvgIpc) is 2.63. The molecule has 0 saturated heterocycles. The first-order valence-corrected chi connectivity index (χ1v) is 7.71. The standard InChI is InChI=1S/C20H17N3/c1-15-6-5-7-17-14-23(18-8-3-2-4-9-18)20(22-19(15)17)16-10-12-21-13-11-16/h2-14,20H,1H3. The smallest absolute Gasteiger partial charge is 0.151 e. The molecule has 23 heavy (non-hydrogen) atoms. The molecule has 0 spiro atoms. The van der Waals surface area contributed by atoms with E-state index in [2.05, 4.69) is 65.5 Å². The van der Waals surface area contributed by atoms with Crippen LogP contribution in [0, 0.1) is 6.92 Å². The summed E-state index contributed by atoms with van der Waals surface area (Å²) in [6.07, 6.45) is 5.76. The molecule has 0 radical (unpaired) electrons. The van der Waals surface area contributed by atoms with E-state index < -0.39 is 0 Å². The second-order valence-electron chi connectivity index (χ2n) is 5.67. The van der Waals surface area contributed by atoms with Crippen LogP contribution in [0.1, 0.15) is 17.3 Å². The van der Waals surface area contributed by atoms with E-state index in [-0.39, 0.29) is 6.17 Å². The Balaban J connectivity index is 1.95. The highest BCUT2D eigenvalue weighted by molar-refractivity contribution is 5.61. The monoisotopic (exact) mass is 299 g/mol. The van der Waals surface area contributed by atoms with Gasteiger partial charge in [0, 0.05) is 29.5 Å². The number of nitrogens with zero attached hydrogens (tertiary/aromatic N) is 3. The quantitative estimate of drug-likeness (QED) is 0.728. The molecule has 0 aliphatic carbocycles. The maximum atomic E-state index is 5.04. The number of benzene rings is 2. The number of para-hydroxylation sites is 2. The van der Waals surface area contributed by atoms with Crippen molar-refractivity contribution in [1.29, 1.82) is 0 Å². The van der Waals surface area contributed by atoms with E-state index in [1.54, 1.807) is 0 Å². The van der Waals surface area contributed by atoms with Crippen LogP contribution in [0.15, 0.2) is 78.0 Å². The average molecular weight is 299 g/mol. The van der Waals surface area contributed by atoms with Crippen molar-refractivity contribution in [1.82, 2.24) is 4.98 Å². The highest BCUT2D eigenvalue weighted by atomic mass is 15.2. The van der Waals surface area contributed by atoms with E-state index in [9.17, 15) is 0 Å². The molecule has 3 heteroatoms. The maximum absolute atomic E-state index is 5.04. The van der Waals surface area contributed by atoms with Gasteiger partial charge >= 0.3 is 0 Å². The fourth-order valence-electron chi connectivity index (χ4n) is 2.95. The summed E-state index contributed by atoms with van der Waals surface area (Å²) >= 11 is 0. The Hall–Kier alpha value is -2.94. The molecular weight excluding hydrogens is 282 g/mol. The zero-order valence-corrected chi connectivity index (χ0v) is 12.9. The first-order chi connectivity index (χ1) is 11.3. The van der Waals surface area contributed by atoms with Crippen LogP contribution in [0.4, 0.5) is 5.69 Å². The molecular formula is C20H17N3. The normalized spacial score (nSPS) is 16.2. The number of anilines is 1. The number of hydrogen-bond acceptors (Lipinski definition) is 3. The topological polar surface area (TPSA) is 28.5 Å². The van der Waals surface area contributed by atoms with Gasteiger partial charge in [-0.2, -0.15) is 0 Å². The van der Waals surface area contributed by atoms with Crippen molar-refractivity contribution in [3.05, 3.63) is 94.8 Å². The second kappa shape index (κ2) is 5.69. The molecule has 0 fully saturated rings. The van der Waals surface area contributed by atoms with E-state index in [1.165, 1.54) is 5.56 Å². The number of aryl methyl sites for hydroxylation is 1. The SMILES string of the molecule is Cc1cccc2c1=NC(c1ccncc1)N(c1ccccc1)C=2. The number of pyridine rings is 1. The molecule has 0 N–H and O–H groups in total. The van der Waals surface area contributed by atoms with Gasteiger partial charge in [-0.25, -0.2) is 0 Å². The Kier molecular flexibility index (Phi) is 3.39. The molecule has 1 atom stereocenters. The van der Waals surface area contributed by atoms with Crippen molar-refractivity contribution in [2.75, 3.05) is 4.90 Å². The summed E-state index contributed by atoms with van der Waals surface area (Å²) in [4.78, 5) is 11.4. The summed E-state index contributed by atoms with van der Waals surface area (Å²) in [5.41, 5.74) is 3.46. The summed E-state index contributed by atoms with van der Waals surface area (Å²) < 4.78 is 0. The summed E-state index contributed by atoms with van der Waals surface area (Å²) in [5.74, 6) is 0. The van der Waals surface area contributed by atoms with E-state index >= 15 is 0 Å². The Morgan fingerprint density at radius 2 is 1.65 bits per heavy atom. The molecule has 1 aromatic heterocycles. The van der Waals surface area contributed by atoms with E-state index in [0.29, 0.717) is 0 Å². The molecule has 0 bridgehead atoms. The molecule has 2 aromatic carbocycles. The van der Waals surface area contributed by atoms with Crippen LogP contribution in [-0.4, -0.2) is 4.98 Å². The third-order valence-corrected chi connectivity index (χ3v) is 4.12. The van der Waals surface area contributed by atoms with Crippen molar-refractivity contribution in [2.24, 2.45) is 4.99 Å². The van der Waals surface area contributed by atoms with Gasteiger partial charge < -0.3 is 4.90 Å². The van der Waals surface area contributed by atoms with Crippen LogP contribution in [0.25, 0.3) is 6.20 Å². The summed E-state index contributed by atoms with van der Waals surface area (Å²) in [6, 6.07) is 20.7. The Labute approximate surface area is 135 Å². The van der Waals surface area contributed by atoms with E-state index in [0.717, 1.165) is 21.8 Å². The molecule has 4 rings (SSSR count). The van der Waals surface area contributed by atoms with Gasteiger partial charge in [-0.1, -0.05) is 36.4 Å². The maximum Gasteiger partial charge on any atom is 0.151 e. The van der Waals surface area contributed by atoms with Crippen molar-refractivity contribution >= 4 is 11.9 Å². The van der Waals surface area contributed by atoms with Crippen LogP contribution in [0.2, 0.25) is 0 Å². The summed E-state index contributed by atoms with van der Waals surface area (Å²) in [5, 5.41) is 2.22. The lowest BCUT2D eigenvalue weighted by molar-refractivity contribution is 0.710. The third kappa shape index (κ3) is 2.50. The molecule has 3 nitrogen and oxygen atoms in total. The largest absolute Gasteiger partial charge is 0.321 e. The Morgan fingerprint density at radius 3 is 2.43 bits per heavy atom. The van der Waals surface area contributed by atoms with E-state index in [1.807, 2.05) is 30.6 Å². The molecule has 112 valence electrons. The van der Waals surface area contributed by atoms with Gasteiger partial charge in [0.1, 0.15) is 0 Å². The van der Waals surface area contributed by atoms with Gasteiger partial charge in [-0.15, -0.1) is 0 Å². The molecule has 1 unspecified atom stereocenters. The minimum absolute atomic E-state index is 0.0750. The first kappa shape index (κ1) is 13.7. The molecule has 0 saturated carbocycles. The van der Waals surface area contributed by atoms with Gasteiger partial charge in [0.25, 0.3) is 0 Å². The zero-order valence-electron chi connectivity index (χ0n) is 12.9. The van der Waals surface area contributed by atoms with Gasteiger partial charge in [-0.3, -0.25) is 9.98 Å². The highest BCUT2D eigenvalue weighted by Gasteiger charge is 2.21. The third-order valence-electron chi connectivity index (χ3n) is 4.12. The molecule has 0 amide bonds. The minimum atomic E-state index is -0.0750. The van der Waals surface area contributed by atoms with Crippen molar-refractivity contribution in [2.45, 2.75) is 13.1 Å². The Morgan fingerprint density at radius 1 is 0.870 bits per heavy atom. The minimum Gasteiger partial charge on any atom is -0.321 e. The fraction of sp³-hybridized carbons (Fsp3) is 0.100. The fourth-order valence-corrected chi connectivity index (χ4v) is 2.95. The van der Waals surface area contributed by atoms with Crippen molar-refractivity contribution < 1.29 is 0 Å².